The minimum absolute atomic E-state index is 0.100. The van der Waals surface area contributed by atoms with Gasteiger partial charge in [0.1, 0.15) is 0 Å². The third-order valence-corrected chi connectivity index (χ3v) is 4.66. The van der Waals surface area contributed by atoms with E-state index in [0.717, 1.165) is 12.8 Å². The maximum Gasteiger partial charge on any atom is 0.212 e. The summed E-state index contributed by atoms with van der Waals surface area (Å²) in [6, 6.07) is 0. The van der Waals surface area contributed by atoms with Gasteiger partial charge in [0.05, 0.1) is 5.75 Å². The number of rotatable bonds is 8. The van der Waals surface area contributed by atoms with E-state index in [0.29, 0.717) is 25.5 Å². The summed E-state index contributed by atoms with van der Waals surface area (Å²) in [5, 5.41) is 0. The van der Waals surface area contributed by atoms with Crippen molar-refractivity contribution in [2.45, 2.75) is 31.7 Å². The molecule has 96 valence electrons. The van der Waals surface area contributed by atoms with Crippen LogP contribution in [0.1, 0.15) is 26.2 Å². The topological polar surface area (TPSA) is 81.4 Å². The molecule has 1 unspecified atom stereocenters. The SMILES string of the molecule is COCCCS(=O)(=O)NC(C)(CN)C1CC1. The fourth-order valence-corrected chi connectivity index (χ4v) is 3.37. The Morgan fingerprint density at radius 2 is 2.12 bits per heavy atom. The van der Waals surface area contributed by atoms with Gasteiger partial charge in [-0.2, -0.15) is 0 Å². The summed E-state index contributed by atoms with van der Waals surface area (Å²) in [4.78, 5) is 0. The summed E-state index contributed by atoms with van der Waals surface area (Å²) >= 11 is 0. The zero-order valence-electron chi connectivity index (χ0n) is 10.0. The van der Waals surface area contributed by atoms with E-state index >= 15 is 0 Å². The smallest absolute Gasteiger partial charge is 0.212 e. The Balaban J connectivity index is 2.49. The number of ether oxygens (including phenoxy) is 1. The van der Waals surface area contributed by atoms with Crippen LogP contribution in [0.4, 0.5) is 0 Å². The molecular formula is C10H22N2O3S. The van der Waals surface area contributed by atoms with Gasteiger partial charge in [-0.05, 0) is 32.1 Å². The van der Waals surface area contributed by atoms with Gasteiger partial charge >= 0.3 is 0 Å². The number of hydrogen-bond acceptors (Lipinski definition) is 4. The molecule has 0 spiro atoms. The molecule has 0 aliphatic heterocycles. The van der Waals surface area contributed by atoms with Crippen molar-refractivity contribution < 1.29 is 13.2 Å². The molecule has 6 heteroatoms. The van der Waals surface area contributed by atoms with Gasteiger partial charge in [-0.25, -0.2) is 13.1 Å². The molecule has 0 heterocycles. The van der Waals surface area contributed by atoms with Gasteiger partial charge in [0.15, 0.2) is 0 Å². The fraction of sp³-hybridized carbons (Fsp3) is 1.00. The lowest BCUT2D eigenvalue weighted by molar-refractivity contribution is 0.199. The lowest BCUT2D eigenvalue weighted by Crippen LogP contribution is -2.53. The van der Waals surface area contributed by atoms with E-state index in [1.165, 1.54) is 0 Å². The fourth-order valence-electron chi connectivity index (χ4n) is 1.81. The molecule has 1 aliphatic carbocycles. The second-order valence-corrected chi connectivity index (χ2v) is 6.51. The molecule has 1 rings (SSSR count). The molecule has 5 nitrogen and oxygen atoms in total. The highest BCUT2D eigenvalue weighted by Gasteiger charge is 2.42. The van der Waals surface area contributed by atoms with Crippen molar-refractivity contribution in [3.8, 4) is 0 Å². The van der Waals surface area contributed by atoms with Crippen LogP contribution in [0.25, 0.3) is 0 Å². The first-order chi connectivity index (χ1) is 7.43. The Hall–Kier alpha value is -0.170. The molecule has 1 saturated carbocycles. The number of sulfonamides is 1. The molecule has 0 aromatic heterocycles. The first kappa shape index (κ1) is 13.9. The summed E-state index contributed by atoms with van der Waals surface area (Å²) in [6.07, 6.45) is 2.64. The van der Waals surface area contributed by atoms with Gasteiger partial charge in [-0.15, -0.1) is 0 Å². The predicted molar refractivity (Wildman–Crippen MR) is 63.6 cm³/mol. The number of methoxy groups -OCH3 is 1. The number of nitrogens with two attached hydrogens (primary N) is 1. The zero-order valence-corrected chi connectivity index (χ0v) is 10.8. The third-order valence-electron chi connectivity index (χ3n) is 3.05. The van der Waals surface area contributed by atoms with E-state index in [9.17, 15) is 8.42 Å². The lowest BCUT2D eigenvalue weighted by atomic mass is 9.98. The maximum atomic E-state index is 11.8. The number of nitrogens with one attached hydrogen (secondary N) is 1. The lowest BCUT2D eigenvalue weighted by Gasteiger charge is -2.29. The Morgan fingerprint density at radius 3 is 2.56 bits per heavy atom. The monoisotopic (exact) mass is 250 g/mol. The molecule has 0 radical (unpaired) electrons. The largest absolute Gasteiger partial charge is 0.385 e. The van der Waals surface area contributed by atoms with Gasteiger partial charge in [0, 0.05) is 25.8 Å². The Kier molecular flexibility index (Phi) is 4.73. The molecule has 1 fully saturated rings. The third kappa shape index (κ3) is 4.01. The first-order valence-electron chi connectivity index (χ1n) is 5.64. The van der Waals surface area contributed by atoms with Crippen molar-refractivity contribution in [3.05, 3.63) is 0 Å². The van der Waals surface area contributed by atoms with E-state index in [4.69, 9.17) is 10.5 Å². The van der Waals surface area contributed by atoms with Crippen molar-refractivity contribution in [1.29, 1.82) is 0 Å². The molecule has 0 aromatic rings. The van der Waals surface area contributed by atoms with Crippen molar-refractivity contribution in [2.75, 3.05) is 26.0 Å². The van der Waals surface area contributed by atoms with Crippen LogP contribution in [0, 0.1) is 5.92 Å². The van der Waals surface area contributed by atoms with Crippen molar-refractivity contribution in [3.63, 3.8) is 0 Å². The standard InChI is InChI=1S/C10H22N2O3S/c1-10(8-11,9-4-5-9)12-16(13,14)7-3-6-15-2/h9,12H,3-8,11H2,1-2H3. The van der Waals surface area contributed by atoms with E-state index in [1.807, 2.05) is 6.92 Å². The average molecular weight is 250 g/mol. The maximum absolute atomic E-state index is 11.8. The Bertz CT molecular complexity index is 314. The highest BCUT2D eigenvalue weighted by Crippen LogP contribution is 2.39. The van der Waals surface area contributed by atoms with Gasteiger partial charge < -0.3 is 10.5 Å². The van der Waals surface area contributed by atoms with Gasteiger partial charge in [0.25, 0.3) is 0 Å². The summed E-state index contributed by atoms with van der Waals surface area (Å²) in [5.41, 5.74) is 5.19. The van der Waals surface area contributed by atoms with Gasteiger partial charge in [0.2, 0.25) is 10.0 Å². The number of hydrogen-bond donors (Lipinski definition) is 2. The first-order valence-corrected chi connectivity index (χ1v) is 7.29. The summed E-state index contributed by atoms with van der Waals surface area (Å²) in [7, 11) is -1.67. The van der Waals surface area contributed by atoms with Crippen LogP contribution in [-0.4, -0.2) is 40.0 Å². The van der Waals surface area contributed by atoms with E-state index in [-0.39, 0.29) is 5.75 Å². The summed E-state index contributed by atoms with van der Waals surface area (Å²) in [5.74, 6) is 0.498. The molecule has 0 aromatic carbocycles. The Labute approximate surface area is 97.8 Å². The molecule has 0 saturated heterocycles. The van der Waals surface area contributed by atoms with Crippen LogP contribution < -0.4 is 10.5 Å². The normalized spacial score (nSPS) is 20.7. The molecule has 1 aliphatic rings. The van der Waals surface area contributed by atoms with Crippen LogP contribution in [0.15, 0.2) is 0 Å². The van der Waals surface area contributed by atoms with Crippen LogP contribution >= 0.6 is 0 Å². The van der Waals surface area contributed by atoms with Crippen molar-refractivity contribution >= 4 is 10.0 Å². The van der Waals surface area contributed by atoms with Crippen LogP contribution in [0.2, 0.25) is 0 Å². The molecule has 0 amide bonds. The molecule has 1 atom stereocenters. The second-order valence-electron chi connectivity index (χ2n) is 4.66. The quantitative estimate of drug-likeness (QED) is 0.597. The predicted octanol–water partition coefficient (Wildman–Crippen LogP) is 0.0697. The molecule has 0 bridgehead atoms. The second kappa shape index (κ2) is 5.44. The molecule has 16 heavy (non-hydrogen) atoms. The minimum atomic E-state index is -3.24. The van der Waals surface area contributed by atoms with E-state index < -0.39 is 15.6 Å². The summed E-state index contributed by atoms with van der Waals surface area (Å²) < 4.78 is 31.1. The van der Waals surface area contributed by atoms with Crippen LogP contribution in [0.3, 0.4) is 0 Å². The average Bonchev–Trinajstić information content (AvgIpc) is 3.00. The molecular weight excluding hydrogens is 228 g/mol. The van der Waals surface area contributed by atoms with E-state index in [2.05, 4.69) is 4.72 Å². The van der Waals surface area contributed by atoms with Crippen molar-refractivity contribution in [1.82, 2.24) is 4.72 Å². The van der Waals surface area contributed by atoms with Gasteiger partial charge in [-0.3, -0.25) is 0 Å². The van der Waals surface area contributed by atoms with E-state index in [1.54, 1.807) is 7.11 Å². The zero-order chi connectivity index (χ0) is 12.2. The Morgan fingerprint density at radius 1 is 1.50 bits per heavy atom. The van der Waals surface area contributed by atoms with Crippen molar-refractivity contribution in [2.24, 2.45) is 11.7 Å². The van der Waals surface area contributed by atoms with Crippen LogP contribution in [-0.2, 0) is 14.8 Å². The summed E-state index contributed by atoms with van der Waals surface area (Å²) in [6.45, 7) is 2.70. The molecule has 3 N–H and O–H groups in total. The minimum Gasteiger partial charge on any atom is -0.385 e. The highest BCUT2D eigenvalue weighted by atomic mass is 32.2. The van der Waals surface area contributed by atoms with Gasteiger partial charge in [-0.1, -0.05) is 0 Å². The highest BCUT2D eigenvalue weighted by molar-refractivity contribution is 7.89. The van der Waals surface area contributed by atoms with Crippen LogP contribution in [0.5, 0.6) is 0 Å².